The highest BCUT2D eigenvalue weighted by atomic mass is 15.2. The van der Waals surface area contributed by atoms with Gasteiger partial charge < -0.3 is 5.73 Å². The molecular weight excluding hydrogens is 148 g/mol. The van der Waals surface area contributed by atoms with Crippen LogP contribution in [0.25, 0.3) is 0 Å². The van der Waals surface area contributed by atoms with Crippen molar-refractivity contribution in [3.63, 3.8) is 0 Å². The molecule has 0 spiro atoms. The van der Waals surface area contributed by atoms with Crippen LogP contribution in [-0.4, -0.2) is 29.6 Å². The standard InChI is InChI=1S/C10H20N2/c1-10(2,3)12-7-5-4-6-9(11)8-12/h4,6,9H,5,7-8,11H2,1-3H3. The van der Waals surface area contributed by atoms with Gasteiger partial charge in [0, 0.05) is 24.7 Å². The molecule has 0 aromatic heterocycles. The normalized spacial score (nSPS) is 27.2. The van der Waals surface area contributed by atoms with Gasteiger partial charge in [0.25, 0.3) is 0 Å². The Morgan fingerprint density at radius 3 is 2.67 bits per heavy atom. The van der Waals surface area contributed by atoms with Crippen molar-refractivity contribution in [2.45, 2.75) is 38.8 Å². The highest BCUT2D eigenvalue weighted by Gasteiger charge is 2.22. The van der Waals surface area contributed by atoms with Crippen LogP contribution in [0.3, 0.4) is 0 Å². The molecule has 1 atom stereocenters. The number of hydrogen-bond acceptors (Lipinski definition) is 2. The minimum atomic E-state index is 0.215. The molecule has 1 unspecified atom stereocenters. The number of hydrogen-bond donors (Lipinski definition) is 1. The van der Waals surface area contributed by atoms with Gasteiger partial charge in [0.1, 0.15) is 0 Å². The molecule has 2 N–H and O–H groups in total. The predicted octanol–water partition coefficient (Wildman–Crippen LogP) is 1.37. The summed E-state index contributed by atoms with van der Waals surface area (Å²) in [5, 5.41) is 0. The second-order valence-electron chi connectivity index (χ2n) is 4.50. The lowest BCUT2D eigenvalue weighted by Crippen LogP contribution is -2.46. The molecule has 1 rings (SSSR count). The zero-order valence-corrected chi connectivity index (χ0v) is 8.38. The van der Waals surface area contributed by atoms with Crippen molar-refractivity contribution < 1.29 is 0 Å². The van der Waals surface area contributed by atoms with Crippen molar-refractivity contribution in [1.82, 2.24) is 4.90 Å². The molecule has 0 amide bonds. The van der Waals surface area contributed by atoms with Crippen molar-refractivity contribution >= 4 is 0 Å². The van der Waals surface area contributed by atoms with Crippen LogP contribution in [0.15, 0.2) is 12.2 Å². The third-order valence-electron chi connectivity index (χ3n) is 2.33. The Balaban J connectivity index is 2.57. The van der Waals surface area contributed by atoms with Gasteiger partial charge in [-0.3, -0.25) is 4.90 Å². The van der Waals surface area contributed by atoms with Crippen LogP contribution in [0.4, 0.5) is 0 Å². The third-order valence-corrected chi connectivity index (χ3v) is 2.33. The summed E-state index contributed by atoms with van der Waals surface area (Å²) in [6, 6.07) is 0.215. The lowest BCUT2D eigenvalue weighted by Gasteiger charge is -2.35. The largest absolute Gasteiger partial charge is 0.323 e. The zero-order valence-electron chi connectivity index (χ0n) is 8.38. The maximum atomic E-state index is 5.89. The van der Waals surface area contributed by atoms with Crippen LogP contribution in [0.5, 0.6) is 0 Å². The molecule has 70 valence electrons. The first kappa shape index (κ1) is 9.75. The fourth-order valence-corrected chi connectivity index (χ4v) is 1.52. The smallest absolute Gasteiger partial charge is 0.0353 e. The minimum Gasteiger partial charge on any atom is -0.323 e. The molecule has 1 aliphatic heterocycles. The van der Waals surface area contributed by atoms with Gasteiger partial charge in [-0.2, -0.15) is 0 Å². The first-order valence-electron chi connectivity index (χ1n) is 4.67. The second kappa shape index (κ2) is 3.58. The summed E-state index contributed by atoms with van der Waals surface area (Å²) in [6.45, 7) is 8.84. The SMILES string of the molecule is CC(C)(C)N1CCC=CC(N)C1. The monoisotopic (exact) mass is 168 g/mol. The summed E-state index contributed by atoms with van der Waals surface area (Å²) in [5.41, 5.74) is 6.15. The molecule has 0 aliphatic carbocycles. The van der Waals surface area contributed by atoms with Gasteiger partial charge in [0.2, 0.25) is 0 Å². The van der Waals surface area contributed by atoms with E-state index in [2.05, 4.69) is 37.8 Å². The Labute approximate surface area is 75.4 Å². The van der Waals surface area contributed by atoms with Crippen molar-refractivity contribution in [3.8, 4) is 0 Å². The van der Waals surface area contributed by atoms with Gasteiger partial charge in [0.15, 0.2) is 0 Å². The maximum absolute atomic E-state index is 5.89. The maximum Gasteiger partial charge on any atom is 0.0353 e. The summed E-state index contributed by atoms with van der Waals surface area (Å²) in [5.74, 6) is 0. The average molecular weight is 168 g/mol. The molecule has 2 nitrogen and oxygen atoms in total. The summed E-state index contributed by atoms with van der Waals surface area (Å²) in [6.07, 6.45) is 5.44. The fraction of sp³-hybridized carbons (Fsp3) is 0.800. The summed E-state index contributed by atoms with van der Waals surface area (Å²) in [7, 11) is 0. The molecule has 12 heavy (non-hydrogen) atoms. The molecule has 0 saturated carbocycles. The van der Waals surface area contributed by atoms with Crippen LogP contribution in [-0.2, 0) is 0 Å². The molecule has 1 heterocycles. The van der Waals surface area contributed by atoms with E-state index in [1.807, 2.05) is 0 Å². The zero-order chi connectivity index (χ0) is 9.19. The molecule has 0 saturated heterocycles. The quantitative estimate of drug-likeness (QED) is 0.554. The van der Waals surface area contributed by atoms with E-state index in [0.717, 1.165) is 19.5 Å². The highest BCUT2D eigenvalue weighted by molar-refractivity contribution is 4.98. The Morgan fingerprint density at radius 1 is 1.42 bits per heavy atom. The summed E-state index contributed by atoms with van der Waals surface area (Å²) >= 11 is 0. The van der Waals surface area contributed by atoms with Gasteiger partial charge >= 0.3 is 0 Å². The molecule has 0 fully saturated rings. The van der Waals surface area contributed by atoms with E-state index in [1.54, 1.807) is 0 Å². The van der Waals surface area contributed by atoms with E-state index in [0.29, 0.717) is 0 Å². The van der Waals surface area contributed by atoms with E-state index >= 15 is 0 Å². The van der Waals surface area contributed by atoms with E-state index in [4.69, 9.17) is 5.73 Å². The van der Waals surface area contributed by atoms with E-state index in [1.165, 1.54) is 0 Å². The molecular formula is C10H20N2. The summed E-state index contributed by atoms with van der Waals surface area (Å²) < 4.78 is 0. The number of nitrogens with two attached hydrogens (primary N) is 1. The van der Waals surface area contributed by atoms with Gasteiger partial charge in [-0.1, -0.05) is 12.2 Å². The second-order valence-corrected chi connectivity index (χ2v) is 4.50. The van der Waals surface area contributed by atoms with E-state index in [9.17, 15) is 0 Å². The van der Waals surface area contributed by atoms with Crippen molar-refractivity contribution in [3.05, 3.63) is 12.2 Å². The predicted molar refractivity (Wildman–Crippen MR) is 53.1 cm³/mol. The van der Waals surface area contributed by atoms with Gasteiger partial charge in [0.05, 0.1) is 0 Å². The van der Waals surface area contributed by atoms with Crippen molar-refractivity contribution in [2.24, 2.45) is 5.73 Å². The van der Waals surface area contributed by atoms with Crippen LogP contribution in [0.1, 0.15) is 27.2 Å². The molecule has 0 aromatic carbocycles. The molecule has 0 radical (unpaired) electrons. The van der Waals surface area contributed by atoms with Crippen LogP contribution < -0.4 is 5.73 Å². The number of nitrogens with zero attached hydrogens (tertiary/aromatic N) is 1. The summed E-state index contributed by atoms with van der Waals surface area (Å²) in [4.78, 5) is 2.44. The van der Waals surface area contributed by atoms with E-state index in [-0.39, 0.29) is 11.6 Å². The Morgan fingerprint density at radius 2 is 2.08 bits per heavy atom. The van der Waals surface area contributed by atoms with Crippen molar-refractivity contribution in [1.29, 1.82) is 0 Å². The average Bonchev–Trinajstić information content (AvgIpc) is 2.11. The lowest BCUT2D eigenvalue weighted by atomic mass is 10.1. The molecule has 2 heteroatoms. The van der Waals surface area contributed by atoms with Gasteiger partial charge in [-0.25, -0.2) is 0 Å². The first-order valence-corrected chi connectivity index (χ1v) is 4.67. The van der Waals surface area contributed by atoms with Crippen LogP contribution in [0, 0.1) is 0 Å². The highest BCUT2D eigenvalue weighted by Crippen LogP contribution is 2.15. The molecule has 0 aromatic rings. The van der Waals surface area contributed by atoms with Gasteiger partial charge in [-0.05, 0) is 27.2 Å². The van der Waals surface area contributed by atoms with Crippen LogP contribution in [0.2, 0.25) is 0 Å². The third kappa shape index (κ3) is 2.61. The Kier molecular flexibility index (Phi) is 2.91. The Bertz CT molecular complexity index is 167. The lowest BCUT2D eigenvalue weighted by molar-refractivity contribution is 0.139. The number of rotatable bonds is 0. The topological polar surface area (TPSA) is 29.3 Å². The van der Waals surface area contributed by atoms with Gasteiger partial charge in [-0.15, -0.1) is 0 Å². The molecule has 0 bridgehead atoms. The molecule has 1 aliphatic rings. The fourth-order valence-electron chi connectivity index (χ4n) is 1.52. The van der Waals surface area contributed by atoms with E-state index < -0.39 is 0 Å². The Hall–Kier alpha value is -0.340. The van der Waals surface area contributed by atoms with Crippen LogP contribution >= 0.6 is 0 Å². The first-order chi connectivity index (χ1) is 5.50. The van der Waals surface area contributed by atoms with Crippen molar-refractivity contribution in [2.75, 3.05) is 13.1 Å². The minimum absolute atomic E-state index is 0.215.